The second-order valence-electron chi connectivity index (χ2n) is 8.04. The number of amides is 2. The van der Waals surface area contributed by atoms with E-state index in [4.69, 9.17) is 23.2 Å². The van der Waals surface area contributed by atoms with E-state index in [1.165, 1.54) is 11.8 Å². The molecule has 3 aromatic rings. The standard InChI is InChI=1S/C24H25Cl2N5O2S/c1-3-30-22(20-5-4-12-31(20)23(33)16-7-10-17(25)11-8-16)28-29-24(30)34-14-21(32)27-19-13-18(26)9-6-15(19)2/h6-11,13,20H,3-5,12,14H2,1-2H3,(H,27,32). The van der Waals surface area contributed by atoms with Gasteiger partial charge in [-0.1, -0.05) is 41.0 Å². The second kappa shape index (κ2) is 10.8. The normalized spacial score (nSPS) is 15.5. The van der Waals surface area contributed by atoms with Crippen LogP contribution >= 0.6 is 35.0 Å². The number of rotatable bonds is 7. The molecule has 0 spiro atoms. The van der Waals surface area contributed by atoms with Gasteiger partial charge in [-0.05, 0) is 68.7 Å². The predicted molar refractivity (Wildman–Crippen MR) is 136 cm³/mol. The van der Waals surface area contributed by atoms with Crippen LogP contribution in [-0.2, 0) is 11.3 Å². The minimum absolute atomic E-state index is 0.0460. The number of aromatic nitrogens is 3. The van der Waals surface area contributed by atoms with E-state index in [0.717, 1.165) is 24.2 Å². The van der Waals surface area contributed by atoms with Crippen molar-refractivity contribution < 1.29 is 9.59 Å². The highest BCUT2D eigenvalue weighted by Crippen LogP contribution is 2.34. The summed E-state index contributed by atoms with van der Waals surface area (Å²) in [5.41, 5.74) is 2.23. The van der Waals surface area contributed by atoms with Gasteiger partial charge in [0.1, 0.15) is 0 Å². The van der Waals surface area contributed by atoms with Crippen LogP contribution in [0.1, 0.15) is 47.6 Å². The Balaban J connectivity index is 1.46. The van der Waals surface area contributed by atoms with E-state index in [-0.39, 0.29) is 23.6 Å². The number of nitrogens with one attached hydrogen (secondary N) is 1. The number of carbonyl (C=O) groups is 2. The molecule has 0 bridgehead atoms. The largest absolute Gasteiger partial charge is 0.328 e. The fourth-order valence-corrected chi connectivity index (χ4v) is 5.14. The van der Waals surface area contributed by atoms with Crippen LogP contribution in [-0.4, -0.2) is 43.8 Å². The minimum Gasteiger partial charge on any atom is -0.328 e. The number of carbonyl (C=O) groups excluding carboxylic acids is 2. The summed E-state index contributed by atoms with van der Waals surface area (Å²) >= 11 is 13.3. The molecule has 0 radical (unpaired) electrons. The van der Waals surface area contributed by atoms with Crippen LogP contribution in [0.4, 0.5) is 5.69 Å². The zero-order valence-electron chi connectivity index (χ0n) is 18.9. The summed E-state index contributed by atoms with van der Waals surface area (Å²) in [6.45, 7) is 5.22. The molecular formula is C24H25Cl2N5O2S. The molecule has 178 valence electrons. The molecule has 1 atom stereocenters. The first-order chi connectivity index (χ1) is 16.4. The van der Waals surface area contributed by atoms with Crippen LogP contribution in [0.25, 0.3) is 0 Å². The maximum Gasteiger partial charge on any atom is 0.254 e. The molecule has 1 aromatic heterocycles. The van der Waals surface area contributed by atoms with Crippen LogP contribution in [0.3, 0.4) is 0 Å². The minimum atomic E-state index is -0.159. The molecular weight excluding hydrogens is 493 g/mol. The first-order valence-electron chi connectivity index (χ1n) is 11.1. The predicted octanol–water partition coefficient (Wildman–Crippen LogP) is 5.62. The first kappa shape index (κ1) is 24.6. The average molecular weight is 518 g/mol. The zero-order valence-corrected chi connectivity index (χ0v) is 21.3. The number of benzene rings is 2. The molecule has 1 aliphatic rings. The van der Waals surface area contributed by atoms with Crippen molar-refractivity contribution in [2.45, 2.75) is 44.4 Å². The van der Waals surface area contributed by atoms with Crippen molar-refractivity contribution in [3.8, 4) is 0 Å². The van der Waals surface area contributed by atoms with E-state index in [1.54, 1.807) is 36.4 Å². The molecule has 1 N–H and O–H groups in total. The number of thioether (sulfide) groups is 1. The Morgan fingerprint density at radius 3 is 2.59 bits per heavy atom. The Hall–Kier alpha value is -2.55. The van der Waals surface area contributed by atoms with Crippen molar-refractivity contribution in [1.82, 2.24) is 19.7 Å². The topological polar surface area (TPSA) is 80.1 Å². The van der Waals surface area contributed by atoms with Gasteiger partial charge in [0.15, 0.2) is 11.0 Å². The fraction of sp³-hybridized carbons (Fsp3) is 0.333. The van der Waals surface area contributed by atoms with E-state index in [9.17, 15) is 9.59 Å². The number of hydrogen-bond donors (Lipinski definition) is 1. The maximum absolute atomic E-state index is 13.1. The van der Waals surface area contributed by atoms with Crippen molar-refractivity contribution in [2.75, 3.05) is 17.6 Å². The Kier molecular flexibility index (Phi) is 7.80. The van der Waals surface area contributed by atoms with Gasteiger partial charge in [-0.2, -0.15) is 0 Å². The highest BCUT2D eigenvalue weighted by Gasteiger charge is 2.34. The quantitative estimate of drug-likeness (QED) is 0.411. The maximum atomic E-state index is 13.1. The third kappa shape index (κ3) is 5.40. The second-order valence-corrected chi connectivity index (χ2v) is 9.86. The summed E-state index contributed by atoms with van der Waals surface area (Å²) in [7, 11) is 0. The van der Waals surface area contributed by atoms with Gasteiger partial charge in [-0.15, -0.1) is 10.2 Å². The van der Waals surface area contributed by atoms with E-state index in [2.05, 4.69) is 15.5 Å². The van der Waals surface area contributed by atoms with Crippen molar-refractivity contribution in [3.05, 3.63) is 69.5 Å². The van der Waals surface area contributed by atoms with Gasteiger partial charge in [-0.25, -0.2) is 0 Å². The Morgan fingerprint density at radius 2 is 1.85 bits per heavy atom. The zero-order chi connectivity index (χ0) is 24.2. The molecule has 1 fully saturated rings. The average Bonchev–Trinajstić information content (AvgIpc) is 3.46. The summed E-state index contributed by atoms with van der Waals surface area (Å²) in [5, 5.41) is 13.5. The van der Waals surface area contributed by atoms with Gasteiger partial charge in [0, 0.05) is 34.4 Å². The van der Waals surface area contributed by atoms with E-state index in [0.29, 0.717) is 39.5 Å². The molecule has 7 nitrogen and oxygen atoms in total. The molecule has 10 heteroatoms. The van der Waals surface area contributed by atoms with Crippen LogP contribution in [0.5, 0.6) is 0 Å². The monoisotopic (exact) mass is 517 g/mol. The van der Waals surface area contributed by atoms with Gasteiger partial charge >= 0.3 is 0 Å². The van der Waals surface area contributed by atoms with E-state index in [1.807, 2.05) is 29.4 Å². The Labute approximate surface area is 212 Å². The molecule has 1 saturated heterocycles. The third-order valence-corrected chi connectivity index (χ3v) is 7.22. The summed E-state index contributed by atoms with van der Waals surface area (Å²) < 4.78 is 1.99. The molecule has 2 amide bonds. The molecule has 34 heavy (non-hydrogen) atoms. The smallest absolute Gasteiger partial charge is 0.254 e. The number of hydrogen-bond acceptors (Lipinski definition) is 5. The number of nitrogens with zero attached hydrogens (tertiary/aromatic N) is 4. The lowest BCUT2D eigenvalue weighted by atomic mass is 10.1. The summed E-state index contributed by atoms with van der Waals surface area (Å²) in [6.07, 6.45) is 1.71. The molecule has 0 aliphatic carbocycles. The van der Waals surface area contributed by atoms with Crippen LogP contribution in [0.15, 0.2) is 47.6 Å². The van der Waals surface area contributed by atoms with Gasteiger partial charge < -0.3 is 14.8 Å². The number of halogens is 2. The first-order valence-corrected chi connectivity index (χ1v) is 12.8. The molecule has 1 unspecified atom stereocenters. The molecule has 0 saturated carbocycles. The summed E-state index contributed by atoms with van der Waals surface area (Å²) in [4.78, 5) is 27.5. The van der Waals surface area contributed by atoms with E-state index >= 15 is 0 Å². The SMILES string of the molecule is CCn1c(SCC(=O)Nc2cc(Cl)ccc2C)nnc1C1CCCN1C(=O)c1ccc(Cl)cc1. The van der Waals surface area contributed by atoms with E-state index < -0.39 is 0 Å². The lowest BCUT2D eigenvalue weighted by Crippen LogP contribution is -2.32. The Morgan fingerprint density at radius 1 is 1.12 bits per heavy atom. The third-order valence-electron chi connectivity index (χ3n) is 5.77. The summed E-state index contributed by atoms with van der Waals surface area (Å²) in [6, 6.07) is 12.2. The van der Waals surface area contributed by atoms with Gasteiger partial charge in [-0.3, -0.25) is 9.59 Å². The van der Waals surface area contributed by atoms with Crippen molar-refractivity contribution in [3.63, 3.8) is 0 Å². The van der Waals surface area contributed by atoms with Gasteiger partial charge in [0.05, 0.1) is 11.8 Å². The summed E-state index contributed by atoms with van der Waals surface area (Å²) in [5.74, 6) is 0.733. The van der Waals surface area contributed by atoms with Crippen LogP contribution in [0, 0.1) is 6.92 Å². The van der Waals surface area contributed by atoms with Gasteiger partial charge in [0.2, 0.25) is 5.91 Å². The molecule has 4 rings (SSSR count). The molecule has 1 aliphatic heterocycles. The van der Waals surface area contributed by atoms with Crippen molar-refractivity contribution in [1.29, 1.82) is 0 Å². The van der Waals surface area contributed by atoms with Crippen LogP contribution in [0.2, 0.25) is 10.0 Å². The van der Waals surface area contributed by atoms with Crippen LogP contribution < -0.4 is 5.32 Å². The highest BCUT2D eigenvalue weighted by molar-refractivity contribution is 7.99. The highest BCUT2D eigenvalue weighted by atomic mass is 35.5. The van der Waals surface area contributed by atoms with Crippen molar-refractivity contribution >= 4 is 52.5 Å². The van der Waals surface area contributed by atoms with Gasteiger partial charge in [0.25, 0.3) is 5.91 Å². The van der Waals surface area contributed by atoms with Crippen molar-refractivity contribution in [2.24, 2.45) is 0 Å². The molecule has 2 aromatic carbocycles. The fourth-order valence-electron chi connectivity index (χ4n) is 4.03. The Bertz CT molecular complexity index is 1200. The number of aryl methyl sites for hydroxylation is 1. The number of anilines is 1. The number of likely N-dealkylation sites (tertiary alicyclic amines) is 1. The lowest BCUT2D eigenvalue weighted by molar-refractivity contribution is -0.113. The molecule has 2 heterocycles. The lowest BCUT2D eigenvalue weighted by Gasteiger charge is -2.24.